The monoisotopic (exact) mass is 165 g/mol. The van der Waals surface area contributed by atoms with E-state index in [1.807, 2.05) is 0 Å². The Balaban J connectivity index is 2.87. The van der Waals surface area contributed by atoms with Crippen molar-refractivity contribution >= 4 is 5.78 Å². The smallest absolute Gasteiger partial charge is 0.167 e. The molecule has 0 amide bonds. The van der Waals surface area contributed by atoms with Crippen molar-refractivity contribution in [3.8, 4) is 0 Å². The summed E-state index contributed by atoms with van der Waals surface area (Å²) in [5.74, 6) is 0.00981. The summed E-state index contributed by atoms with van der Waals surface area (Å²) >= 11 is 0. The van der Waals surface area contributed by atoms with Crippen molar-refractivity contribution in [3.63, 3.8) is 0 Å². The largest absolute Gasteiger partial charge is 0.330 e. The molecule has 0 aromatic carbocycles. The van der Waals surface area contributed by atoms with E-state index in [0.717, 1.165) is 0 Å². The highest BCUT2D eigenvalue weighted by Gasteiger charge is 2.07. The van der Waals surface area contributed by atoms with E-state index in [-0.39, 0.29) is 5.78 Å². The summed E-state index contributed by atoms with van der Waals surface area (Å²) in [6, 6.07) is 0. The van der Waals surface area contributed by atoms with Crippen molar-refractivity contribution < 1.29 is 4.79 Å². The highest BCUT2D eigenvalue weighted by atomic mass is 16.1. The van der Waals surface area contributed by atoms with Crippen LogP contribution in [0.3, 0.4) is 0 Å². The van der Waals surface area contributed by atoms with Crippen LogP contribution in [0, 0.1) is 6.92 Å². The number of nitrogens with two attached hydrogens (primary N) is 1. The molecule has 4 heteroatoms. The Kier molecular flexibility index (Phi) is 2.88. The van der Waals surface area contributed by atoms with Crippen LogP contribution < -0.4 is 5.73 Å². The zero-order chi connectivity index (χ0) is 8.97. The van der Waals surface area contributed by atoms with Crippen LogP contribution in [0.1, 0.15) is 22.5 Å². The molecule has 64 valence electrons. The lowest BCUT2D eigenvalue weighted by Crippen LogP contribution is -2.10. The first-order chi connectivity index (χ1) is 5.75. The van der Waals surface area contributed by atoms with Crippen LogP contribution in [-0.2, 0) is 0 Å². The number of carbonyl (C=O) groups is 1. The lowest BCUT2D eigenvalue weighted by Gasteiger charge is -2.00. The fraction of sp³-hybridized carbons (Fsp3) is 0.375. The molecule has 0 radical (unpaired) electrons. The zero-order valence-corrected chi connectivity index (χ0v) is 6.95. The first kappa shape index (κ1) is 8.80. The molecule has 4 nitrogen and oxygen atoms in total. The minimum absolute atomic E-state index is 0.00981. The van der Waals surface area contributed by atoms with E-state index < -0.39 is 0 Å². The minimum Gasteiger partial charge on any atom is -0.330 e. The van der Waals surface area contributed by atoms with Crippen LogP contribution in [0.25, 0.3) is 0 Å². The van der Waals surface area contributed by atoms with Gasteiger partial charge in [0.05, 0.1) is 11.3 Å². The summed E-state index contributed by atoms with van der Waals surface area (Å²) in [6.45, 7) is 2.15. The highest BCUT2D eigenvalue weighted by molar-refractivity contribution is 5.96. The van der Waals surface area contributed by atoms with Crippen molar-refractivity contribution in [2.45, 2.75) is 13.3 Å². The molecule has 0 aliphatic carbocycles. The lowest BCUT2D eigenvalue weighted by atomic mass is 10.1. The number of ketones is 1. The molecule has 0 spiro atoms. The maximum absolute atomic E-state index is 11.3. The van der Waals surface area contributed by atoms with Crippen LogP contribution in [0.4, 0.5) is 0 Å². The molecule has 2 N–H and O–H groups in total. The van der Waals surface area contributed by atoms with E-state index in [1.165, 1.54) is 12.5 Å². The Hall–Kier alpha value is -1.29. The van der Waals surface area contributed by atoms with E-state index in [2.05, 4.69) is 9.97 Å². The Labute approximate surface area is 70.8 Å². The van der Waals surface area contributed by atoms with Crippen molar-refractivity contribution in [3.05, 3.63) is 23.8 Å². The SMILES string of the molecule is Cc1ncncc1C(=O)CCN. The molecule has 0 saturated heterocycles. The highest BCUT2D eigenvalue weighted by Crippen LogP contribution is 2.04. The topological polar surface area (TPSA) is 68.9 Å². The molecule has 0 aliphatic heterocycles. The van der Waals surface area contributed by atoms with Crippen LogP contribution in [0.2, 0.25) is 0 Å². The van der Waals surface area contributed by atoms with Crippen molar-refractivity contribution in [1.82, 2.24) is 9.97 Å². The molecular weight excluding hydrogens is 154 g/mol. The van der Waals surface area contributed by atoms with E-state index in [1.54, 1.807) is 6.92 Å². The Morgan fingerprint density at radius 1 is 1.67 bits per heavy atom. The molecule has 0 fully saturated rings. The third-order valence-electron chi connectivity index (χ3n) is 1.58. The second-order valence-electron chi connectivity index (χ2n) is 2.48. The number of hydrogen-bond acceptors (Lipinski definition) is 4. The number of nitrogens with zero attached hydrogens (tertiary/aromatic N) is 2. The van der Waals surface area contributed by atoms with E-state index in [9.17, 15) is 4.79 Å². The van der Waals surface area contributed by atoms with Crippen molar-refractivity contribution in [1.29, 1.82) is 0 Å². The number of carbonyl (C=O) groups excluding carboxylic acids is 1. The summed E-state index contributed by atoms with van der Waals surface area (Å²) < 4.78 is 0. The third kappa shape index (κ3) is 1.85. The summed E-state index contributed by atoms with van der Waals surface area (Å²) in [4.78, 5) is 19.0. The summed E-state index contributed by atoms with van der Waals surface area (Å²) in [5, 5.41) is 0. The van der Waals surface area contributed by atoms with Gasteiger partial charge in [-0.15, -0.1) is 0 Å². The molecule has 0 unspecified atom stereocenters. The fourth-order valence-corrected chi connectivity index (χ4v) is 0.930. The van der Waals surface area contributed by atoms with E-state index in [0.29, 0.717) is 24.2 Å². The predicted octanol–water partition coefficient (Wildman–Crippen LogP) is 0.317. The molecule has 1 aromatic rings. The van der Waals surface area contributed by atoms with Gasteiger partial charge < -0.3 is 5.73 Å². The maximum atomic E-state index is 11.3. The van der Waals surface area contributed by atoms with Crippen molar-refractivity contribution in [2.75, 3.05) is 6.54 Å². The summed E-state index contributed by atoms with van der Waals surface area (Å²) in [5.41, 5.74) is 6.54. The van der Waals surface area contributed by atoms with Gasteiger partial charge in [-0.25, -0.2) is 9.97 Å². The van der Waals surface area contributed by atoms with Gasteiger partial charge in [-0.2, -0.15) is 0 Å². The molecule has 1 aromatic heterocycles. The first-order valence-corrected chi connectivity index (χ1v) is 3.75. The number of hydrogen-bond donors (Lipinski definition) is 1. The molecule has 0 bridgehead atoms. The average molecular weight is 165 g/mol. The van der Waals surface area contributed by atoms with Crippen LogP contribution in [0.15, 0.2) is 12.5 Å². The van der Waals surface area contributed by atoms with Gasteiger partial charge in [0.25, 0.3) is 0 Å². The second-order valence-corrected chi connectivity index (χ2v) is 2.48. The van der Waals surface area contributed by atoms with Crippen LogP contribution >= 0.6 is 0 Å². The Bertz CT molecular complexity index is 285. The Morgan fingerprint density at radius 3 is 3.00 bits per heavy atom. The van der Waals surface area contributed by atoms with Gasteiger partial charge in [-0.1, -0.05) is 0 Å². The number of rotatable bonds is 3. The summed E-state index contributed by atoms with van der Waals surface area (Å²) in [6.07, 6.45) is 3.31. The predicted molar refractivity (Wildman–Crippen MR) is 44.8 cm³/mol. The quantitative estimate of drug-likeness (QED) is 0.655. The molecule has 0 aliphatic rings. The van der Waals surface area contributed by atoms with Gasteiger partial charge >= 0.3 is 0 Å². The molecular formula is C8H11N3O. The average Bonchev–Trinajstić information content (AvgIpc) is 2.05. The first-order valence-electron chi connectivity index (χ1n) is 3.75. The Morgan fingerprint density at radius 2 is 2.42 bits per heavy atom. The van der Waals surface area contributed by atoms with E-state index >= 15 is 0 Å². The summed E-state index contributed by atoms with van der Waals surface area (Å²) in [7, 11) is 0. The van der Waals surface area contributed by atoms with Gasteiger partial charge in [0.2, 0.25) is 0 Å². The van der Waals surface area contributed by atoms with Gasteiger partial charge in [0, 0.05) is 12.6 Å². The van der Waals surface area contributed by atoms with Crippen LogP contribution in [-0.4, -0.2) is 22.3 Å². The normalized spacial score (nSPS) is 9.83. The molecule has 12 heavy (non-hydrogen) atoms. The number of Topliss-reactive ketones (excluding diaryl/α,β-unsaturated/α-hetero) is 1. The molecule has 1 rings (SSSR count). The number of aryl methyl sites for hydroxylation is 1. The van der Waals surface area contributed by atoms with Gasteiger partial charge in [-0.3, -0.25) is 4.79 Å². The number of aromatic nitrogens is 2. The maximum Gasteiger partial charge on any atom is 0.167 e. The minimum atomic E-state index is 0.00981. The van der Waals surface area contributed by atoms with Gasteiger partial charge in [0.15, 0.2) is 5.78 Å². The fourth-order valence-electron chi connectivity index (χ4n) is 0.930. The standard InChI is InChI=1S/C8H11N3O/c1-6-7(4-10-5-11-6)8(12)2-3-9/h4-5H,2-3,9H2,1H3. The molecule has 0 atom stereocenters. The molecule has 0 saturated carbocycles. The zero-order valence-electron chi connectivity index (χ0n) is 6.95. The van der Waals surface area contributed by atoms with Crippen LogP contribution in [0.5, 0.6) is 0 Å². The molecule has 1 heterocycles. The van der Waals surface area contributed by atoms with Crippen molar-refractivity contribution in [2.24, 2.45) is 5.73 Å². The van der Waals surface area contributed by atoms with E-state index in [4.69, 9.17) is 5.73 Å². The lowest BCUT2D eigenvalue weighted by molar-refractivity contribution is 0.0984. The second kappa shape index (κ2) is 3.92. The van der Waals surface area contributed by atoms with Gasteiger partial charge in [-0.05, 0) is 13.5 Å². The third-order valence-corrected chi connectivity index (χ3v) is 1.58. The van der Waals surface area contributed by atoms with Gasteiger partial charge in [0.1, 0.15) is 6.33 Å².